The van der Waals surface area contributed by atoms with Crippen molar-refractivity contribution in [2.45, 2.75) is 19.4 Å². The summed E-state index contributed by atoms with van der Waals surface area (Å²) in [6.07, 6.45) is 1.14. The molecule has 1 aromatic rings. The van der Waals surface area contributed by atoms with Crippen molar-refractivity contribution in [3.05, 3.63) is 27.9 Å². The number of pyridine rings is 1. The smallest absolute Gasteiger partial charge is 0.289 e. The number of rotatable bonds is 5. The maximum atomic E-state index is 10.6. The number of anilines is 1. The molecule has 1 N–H and O–H groups in total. The van der Waals surface area contributed by atoms with Gasteiger partial charge in [-0.3, -0.25) is 10.1 Å². The van der Waals surface area contributed by atoms with Crippen LogP contribution in [0.3, 0.4) is 0 Å². The van der Waals surface area contributed by atoms with E-state index in [1.54, 1.807) is 0 Å². The summed E-state index contributed by atoms with van der Waals surface area (Å²) in [7, 11) is 3.91. The molecule has 0 radical (unpaired) electrons. The fourth-order valence-corrected chi connectivity index (χ4v) is 1.24. The van der Waals surface area contributed by atoms with Crippen LogP contribution in [0.5, 0.6) is 0 Å². The molecule has 102 valence electrons. The topological polar surface area (TPSA) is 95.1 Å². The number of nitro groups is 1. The van der Waals surface area contributed by atoms with Gasteiger partial charge in [-0.2, -0.15) is 5.26 Å². The van der Waals surface area contributed by atoms with E-state index in [1.807, 2.05) is 38.9 Å². The number of hydrogen-bond donors (Lipinski definition) is 1. The lowest BCUT2D eigenvalue weighted by atomic mass is 10.0. The van der Waals surface area contributed by atoms with Gasteiger partial charge in [0.2, 0.25) is 0 Å². The van der Waals surface area contributed by atoms with Gasteiger partial charge in [0.1, 0.15) is 23.6 Å². The van der Waals surface area contributed by atoms with Gasteiger partial charge in [-0.05, 0) is 27.9 Å². The lowest BCUT2D eigenvalue weighted by Gasteiger charge is -2.32. The molecular weight excluding hydrogens is 246 g/mol. The van der Waals surface area contributed by atoms with Crippen molar-refractivity contribution in [3.8, 4) is 6.07 Å². The predicted octanol–water partition coefficient (Wildman–Crippen LogP) is 1.61. The van der Waals surface area contributed by atoms with Gasteiger partial charge in [-0.25, -0.2) is 4.98 Å². The monoisotopic (exact) mass is 263 g/mol. The van der Waals surface area contributed by atoms with Gasteiger partial charge in [-0.1, -0.05) is 0 Å². The highest BCUT2D eigenvalue weighted by Crippen LogP contribution is 2.19. The maximum absolute atomic E-state index is 10.6. The van der Waals surface area contributed by atoms with Crippen molar-refractivity contribution >= 4 is 11.5 Å². The van der Waals surface area contributed by atoms with Gasteiger partial charge in [0.15, 0.2) is 0 Å². The summed E-state index contributed by atoms with van der Waals surface area (Å²) in [4.78, 5) is 16.0. The molecule has 0 aromatic carbocycles. The average molecular weight is 263 g/mol. The van der Waals surface area contributed by atoms with Crippen LogP contribution in [-0.4, -0.2) is 41.0 Å². The van der Waals surface area contributed by atoms with Crippen molar-refractivity contribution in [3.63, 3.8) is 0 Å². The molecule has 1 rings (SSSR count). The van der Waals surface area contributed by atoms with Crippen molar-refractivity contribution < 1.29 is 4.92 Å². The molecule has 7 heteroatoms. The van der Waals surface area contributed by atoms with Crippen LogP contribution in [0.1, 0.15) is 19.4 Å². The van der Waals surface area contributed by atoms with E-state index in [-0.39, 0.29) is 16.8 Å². The van der Waals surface area contributed by atoms with Gasteiger partial charge in [0, 0.05) is 18.2 Å². The third kappa shape index (κ3) is 3.63. The quantitative estimate of drug-likeness (QED) is 0.640. The third-order valence-corrected chi connectivity index (χ3v) is 3.10. The molecule has 19 heavy (non-hydrogen) atoms. The summed E-state index contributed by atoms with van der Waals surface area (Å²) in [6.45, 7) is 4.65. The number of likely N-dealkylation sites (N-methyl/N-ethyl adjacent to an activating group) is 1. The Labute approximate surface area is 112 Å². The zero-order valence-electron chi connectivity index (χ0n) is 11.5. The van der Waals surface area contributed by atoms with Crippen molar-refractivity contribution in [1.82, 2.24) is 9.88 Å². The Bertz CT molecular complexity index is 519. The van der Waals surface area contributed by atoms with Crippen LogP contribution in [0.15, 0.2) is 12.3 Å². The Kier molecular flexibility index (Phi) is 4.40. The molecule has 0 bridgehead atoms. The number of nitrogens with zero attached hydrogens (tertiary/aromatic N) is 4. The molecule has 0 aliphatic heterocycles. The predicted molar refractivity (Wildman–Crippen MR) is 71.9 cm³/mol. The lowest BCUT2D eigenvalue weighted by molar-refractivity contribution is -0.385. The first-order valence-electron chi connectivity index (χ1n) is 5.74. The summed E-state index contributed by atoms with van der Waals surface area (Å²) in [6, 6.07) is 3.13. The number of hydrogen-bond acceptors (Lipinski definition) is 6. The minimum absolute atomic E-state index is 0.129. The lowest BCUT2D eigenvalue weighted by Crippen LogP contribution is -2.44. The van der Waals surface area contributed by atoms with E-state index in [9.17, 15) is 10.1 Å². The SMILES string of the molecule is CN(C)C(C)(C)CNc1ncc([N+](=O)[O-])cc1C#N. The van der Waals surface area contributed by atoms with Crippen LogP contribution in [-0.2, 0) is 0 Å². The van der Waals surface area contributed by atoms with E-state index >= 15 is 0 Å². The molecule has 7 nitrogen and oxygen atoms in total. The van der Waals surface area contributed by atoms with Gasteiger partial charge in [0.25, 0.3) is 5.69 Å². The fourth-order valence-electron chi connectivity index (χ4n) is 1.24. The summed E-state index contributed by atoms with van der Waals surface area (Å²) in [5, 5.41) is 22.7. The van der Waals surface area contributed by atoms with Gasteiger partial charge >= 0.3 is 0 Å². The van der Waals surface area contributed by atoms with Crippen LogP contribution in [0.4, 0.5) is 11.5 Å². The Morgan fingerprint density at radius 2 is 2.21 bits per heavy atom. The summed E-state index contributed by atoms with van der Waals surface area (Å²) in [5.41, 5.74) is -0.145. The highest BCUT2D eigenvalue weighted by Gasteiger charge is 2.21. The Balaban J connectivity index is 2.91. The van der Waals surface area contributed by atoms with E-state index in [2.05, 4.69) is 10.3 Å². The zero-order valence-corrected chi connectivity index (χ0v) is 11.5. The number of aromatic nitrogens is 1. The zero-order chi connectivity index (χ0) is 14.6. The first-order valence-corrected chi connectivity index (χ1v) is 5.74. The average Bonchev–Trinajstić information content (AvgIpc) is 2.35. The van der Waals surface area contributed by atoms with E-state index in [0.717, 1.165) is 6.20 Å². The fraction of sp³-hybridized carbons (Fsp3) is 0.500. The molecule has 0 aliphatic carbocycles. The van der Waals surface area contributed by atoms with Crippen molar-refractivity contribution in [1.29, 1.82) is 5.26 Å². The Morgan fingerprint density at radius 3 is 2.68 bits per heavy atom. The molecular formula is C12H17N5O2. The number of nitriles is 1. The summed E-state index contributed by atoms with van der Waals surface area (Å²) >= 11 is 0. The minimum Gasteiger partial charge on any atom is -0.367 e. The van der Waals surface area contributed by atoms with Crippen LogP contribution in [0.2, 0.25) is 0 Å². The normalized spacial score (nSPS) is 11.2. The summed E-state index contributed by atoms with van der Waals surface area (Å²) in [5.74, 6) is 0.364. The minimum atomic E-state index is -0.568. The van der Waals surface area contributed by atoms with Crippen LogP contribution in [0.25, 0.3) is 0 Å². The molecule has 0 spiro atoms. The second kappa shape index (κ2) is 5.63. The Morgan fingerprint density at radius 1 is 1.58 bits per heavy atom. The molecule has 0 amide bonds. The van der Waals surface area contributed by atoms with Crippen molar-refractivity contribution in [2.75, 3.05) is 26.0 Å². The molecule has 1 aromatic heterocycles. The largest absolute Gasteiger partial charge is 0.367 e. The van der Waals surface area contributed by atoms with E-state index in [4.69, 9.17) is 5.26 Å². The van der Waals surface area contributed by atoms with Crippen LogP contribution < -0.4 is 5.32 Å². The standard InChI is InChI=1S/C12H17N5O2/c1-12(2,16(3)4)8-15-11-9(6-13)5-10(7-14-11)17(18)19/h5,7H,8H2,1-4H3,(H,14,15). The van der Waals surface area contributed by atoms with Gasteiger partial charge < -0.3 is 10.2 Å². The molecule has 0 unspecified atom stereocenters. The van der Waals surface area contributed by atoms with E-state index < -0.39 is 4.92 Å². The maximum Gasteiger partial charge on any atom is 0.289 e. The van der Waals surface area contributed by atoms with Crippen LogP contribution >= 0.6 is 0 Å². The third-order valence-electron chi connectivity index (χ3n) is 3.10. The van der Waals surface area contributed by atoms with Crippen LogP contribution in [0, 0.1) is 21.4 Å². The second-order valence-electron chi connectivity index (χ2n) is 5.02. The van der Waals surface area contributed by atoms with Gasteiger partial charge in [0.05, 0.1) is 4.92 Å². The molecule has 1 heterocycles. The van der Waals surface area contributed by atoms with Gasteiger partial charge in [-0.15, -0.1) is 0 Å². The van der Waals surface area contributed by atoms with Crippen molar-refractivity contribution in [2.24, 2.45) is 0 Å². The van der Waals surface area contributed by atoms with E-state index in [0.29, 0.717) is 12.4 Å². The Hall–Kier alpha value is -2.20. The first-order chi connectivity index (χ1) is 8.77. The highest BCUT2D eigenvalue weighted by molar-refractivity contribution is 5.55. The molecule has 0 aliphatic rings. The second-order valence-corrected chi connectivity index (χ2v) is 5.02. The molecule has 0 atom stereocenters. The summed E-state index contributed by atoms with van der Waals surface area (Å²) < 4.78 is 0. The molecule has 0 saturated carbocycles. The highest BCUT2D eigenvalue weighted by atomic mass is 16.6. The number of nitrogens with one attached hydrogen (secondary N) is 1. The van der Waals surface area contributed by atoms with E-state index in [1.165, 1.54) is 6.07 Å². The molecule has 0 saturated heterocycles. The first kappa shape index (κ1) is 14.9. The molecule has 0 fully saturated rings.